The Bertz CT molecular complexity index is 841. The first-order chi connectivity index (χ1) is 9.74. The molecule has 0 atom stereocenters. The molecule has 0 amide bonds. The smallest absolute Gasteiger partial charge is 0.338 e. The molecule has 2 aromatic carbocycles. The van der Waals surface area contributed by atoms with Crippen LogP contribution in [0.2, 0.25) is 0 Å². The minimum absolute atomic E-state index is 0.401. The third kappa shape index (κ3) is 2.34. The van der Waals surface area contributed by atoms with E-state index >= 15 is 0 Å². The van der Waals surface area contributed by atoms with Gasteiger partial charge in [-0.3, -0.25) is 0 Å². The van der Waals surface area contributed by atoms with E-state index in [0.717, 1.165) is 16.7 Å². The number of rotatable bonds is 2. The van der Waals surface area contributed by atoms with E-state index in [2.05, 4.69) is 28.4 Å². The molecule has 0 radical (unpaired) electrons. The van der Waals surface area contributed by atoms with Crippen LogP contribution in [0.3, 0.4) is 0 Å². The van der Waals surface area contributed by atoms with Gasteiger partial charge in [0.25, 0.3) is 0 Å². The van der Waals surface area contributed by atoms with Gasteiger partial charge < -0.3 is 4.52 Å². The lowest BCUT2D eigenvalue weighted by atomic mass is 10.0. The van der Waals surface area contributed by atoms with Crippen molar-refractivity contribution in [2.75, 3.05) is 0 Å². The highest BCUT2D eigenvalue weighted by Crippen LogP contribution is 2.19. The Morgan fingerprint density at radius 2 is 1.60 bits per heavy atom. The van der Waals surface area contributed by atoms with Gasteiger partial charge in [0.05, 0.1) is 10.6 Å². The second-order valence-electron chi connectivity index (χ2n) is 4.52. The molecule has 1 N–H and O–H groups in total. The van der Waals surface area contributed by atoms with Gasteiger partial charge in [-0.05, 0) is 22.8 Å². The molecule has 1 aromatic heterocycles. The zero-order chi connectivity index (χ0) is 13.9. The Morgan fingerprint density at radius 3 is 2.20 bits per heavy atom. The van der Waals surface area contributed by atoms with Crippen LogP contribution < -0.4 is 16.2 Å². The van der Waals surface area contributed by atoms with E-state index < -0.39 is 5.63 Å². The van der Waals surface area contributed by atoms with Gasteiger partial charge in [0.2, 0.25) is 0 Å². The fourth-order valence-corrected chi connectivity index (χ4v) is 2.06. The molecule has 0 fully saturated rings. The van der Waals surface area contributed by atoms with Crippen molar-refractivity contribution < 1.29 is 4.52 Å². The molecule has 3 aromatic rings. The summed E-state index contributed by atoms with van der Waals surface area (Å²) in [5.41, 5.74) is 2.83. The van der Waals surface area contributed by atoms with E-state index in [0.29, 0.717) is 10.6 Å². The van der Waals surface area contributed by atoms with Crippen molar-refractivity contribution in [1.29, 1.82) is 0 Å². The maximum absolute atomic E-state index is 11.5. The van der Waals surface area contributed by atoms with E-state index in [1.54, 1.807) is 6.08 Å². The number of H-pyrrole nitrogens is 1. The van der Waals surface area contributed by atoms with Gasteiger partial charge in [0, 0.05) is 0 Å². The second-order valence-corrected chi connectivity index (χ2v) is 4.52. The summed E-state index contributed by atoms with van der Waals surface area (Å²) in [4.78, 5) is 11.5. The van der Waals surface area contributed by atoms with E-state index in [4.69, 9.17) is 0 Å². The lowest BCUT2D eigenvalue weighted by Crippen LogP contribution is -2.31. The number of benzene rings is 2. The molecule has 1 heterocycles. The van der Waals surface area contributed by atoms with E-state index in [-0.39, 0.29) is 0 Å². The molecule has 0 saturated carbocycles. The van der Waals surface area contributed by atoms with E-state index in [1.165, 1.54) is 0 Å². The molecule has 3 heteroatoms. The fourth-order valence-electron chi connectivity index (χ4n) is 2.06. The van der Waals surface area contributed by atoms with Gasteiger partial charge in [0.1, 0.15) is 0 Å². The zero-order valence-electron chi connectivity index (χ0n) is 10.8. The summed E-state index contributed by atoms with van der Waals surface area (Å²) in [5, 5.41) is 3.41. The average molecular weight is 263 g/mol. The van der Waals surface area contributed by atoms with Gasteiger partial charge >= 0.3 is 5.63 Å². The van der Waals surface area contributed by atoms with Crippen molar-refractivity contribution in [2.24, 2.45) is 0 Å². The monoisotopic (exact) mass is 263 g/mol. The van der Waals surface area contributed by atoms with Gasteiger partial charge in [0.15, 0.2) is 0 Å². The van der Waals surface area contributed by atoms with Crippen molar-refractivity contribution in [2.45, 2.75) is 0 Å². The maximum atomic E-state index is 11.5. The van der Waals surface area contributed by atoms with Crippen LogP contribution >= 0.6 is 0 Å². The molecule has 0 unspecified atom stereocenters. The van der Waals surface area contributed by atoms with Crippen LogP contribution in [0, 0.1) is 0 Å². The lowest BCUT2D eigenvalue weighted by Gasteiger charge is -2.01. The number of hydrogen-bond donors (Lipinski definition) is 1. The summed E-state index contributed by atoms with van der Waals surface area (Å²) in [6.07, 6.45) is 1.76. The van der Waals surface area contributed by atoms with Gasteiger partial charge in [-0.15, -0.1) is 0 Å². The van der Waals surface area contributed by atoms with Crippen LogP contribution in [0.4, 0.5) is 0 Å². The van der Waals surface area contributed by atoms with Crippen LogP contribution in [0.15, 0.2) is 63.9 Å². The quantitative estimate of drug-likeness (QED) is 0.767. The average Bonchev–Trinajstić information content (AvgIpc) is 2.81. The maximum Gasteiger partial charge on any atom is 0.365 e. The molecule has 0 aliphatic rings. The SMILES string of the molecule is C=c1[nH]oc(=O)/c1=C\c1ccc(-c2ccccc2)cc1. The third-order valence-electron chi connectivity index (χ3n) is 3.14. The summed E-state index contributed by atoms with van der Waals surface area (Å²) >= 11 is 0. The van der Waals surface area contributed by atoms with Crippen LogP contribution in [0.1, 0.15) is 5.56 Å². The molecule has 0 bridgehead atoms. The Labute approximate surface area is 115 Å². The predicted molar refractivity (Wildman–Crippen MR) is 79.5 cm³/mol. The Kier molecular flexibility index (Phi) is 3.09. The summed E-state index contributed by atoms with van der Waals surface area (Å²) in [6.45, 7) is 3.72. The van der Waals surface area contributed by atoms with E-state index in [9.17, 15) is 4.79 Å². The van der Waals surface area contributed by atoms with Crippen LogP contribution in [-0.2, 0) is 0 Å². The number of aromatic nitrogens is 1. The highest BCUT2D eigenvalue weighted by atomic mass is 16.5. The second kappa shape index (κ2) is 5.05. The molecular weight excluding hydrogens is 250 g/mol. The molecule has 0 saturated heterocycles. The standard InChI is InChI=1S/C17H13NO2/c1-12-16(17(19)20-18-12)11-13-7-9-15(10-8-13)14-5-3-2-4-6-14/h2-11,18H,1H2/b16-11-. The van der Waals surface area contributed by atoms with Crippen molar-refractivity contribution in [3.8, 4) is 11.1 Å². The van der Waals surface area contributed by atoms with Crippen molar-refractivity contribution in [1.82, 2.24) is 5.16 Å². The fraction of sp³-hybridized carbons (Fsp3) is 0. The van der Waals surface area contributed by atoms with Crippen molar-refractivity contribution in [3.05, 3.63) is 81.1 Å². The minimum Gasteiger partial charge on any atom is -0.338 e. The first-order valence-corrected chi connectivity index (χ1v) is 6.28. The Balaban J connectivity index is 2.01. The molecular formula is C17H13NO2. The third-order valence-corrected chi connectivity index (χ3v) is 3.14. The van der Waals surface area contributed by atoms with Gasteiger partial charge in [-0.2, -0.15) is 0 Å². The molecule has 0 aliphatic heterocycles. The molecule has 98 valence electrons. The first-order valence-electron chi connectivity index (χ1n) is 6.28. The highest BCUT2D eigenvalue weighted by molar-refractivity contribution is 5.65. The number of aromatic amines is 1. The Morgan fingerprint density at radius 1 is 0.950 bits per heavy atom. The topological polar surface area (TPSA) is 46.0 Å². The van der Waals surface area contributed by atoms with E-state index in [1.807, 2.05) is 42.5 Å². The summed E-state index contributed by atoms with van der Waals surface area (Å²) in [6, 6.07) is 18.1. The van der Waals surface area contributed by atoms with Gasteiger partial charge in [-0.1, -0.05) is 61.2 Å². The molecule has 20 heavy (non-hydrogen) atoms. The summed E-state index contributed by atoms with van der Waals surface area (Å²) in [5.74, 6) is 0. The minimum atomic E-state index is -0.401. The molecule has 0 aliphatic carbocycles. The first kappa shape index (κ1) is 12.2. The number of hydrogen-bond acceptors (Lipinski definition) is 2. The van der Waals surface area contributed by atoms with Crippen LogP contribution in [-0.4, -0.2) is 5.16 Å². The van der Waals surface area contributed by atoms with Gasteiger partial charge in [-0.25, -0.2) is 9.95 Å². The highest BCUT2D eigenvalue weighted by Gasteiger charge is 1.98. The summed E-state index contributed by atoms with van der Waals surface area (Å²) in [7, 11) is 0. The lowest BCUT2D eigenvalue weighted by molar-refractivity contribution is 0.386. The zero-order valence-corrected chi connectivity index (χ0v) is 10.8. The van der Waals surface area contributed by atoms with Crippen LogP contribution in [0.25, 0.3) is 23.8 Å². The van der Waals surface area contributed by atoms with Crippen LogP contribution in [0.5, 0.6) is 0 Å². The molecule has 0 spiro atoms. The molecule has 3 rings (SSSR count). The largest absolute Gasteiger partial charge is 0.365 e. The Hall–Kier alpha value is -2.81. The van der Waals surface area contributed by atoms with Crippen molar-refractivity contribution >= 4 is 12.7 Å². The van der Waals surface area contributed by atoms with Crippen molar-refractivity contribution in [3.63, 3.8) is 0 Å². The molecule has 3 nitrogen and oxygen atoms in total. The number of nitrogens with one attached hydrogen (secondary N) is 1. The summed E-state index contributed by atoms with van der Waals surface area (Å²) < 4.78 is 4.69. The predicted octanol–water partition coefficient (Wildman–Crippen LogP) is 1.87. The normalized spacial score (nSPS) is 11.7.